The molecule has 1 aromatic heterocycles. The summed E-state index contributed by atoms with van der Waals surface area (Å²) in [5.41, 5.74) is 3.67. The van der Waals surface area contributed by atoms with E-state index in [1.165, 1.54) is 34.4 Å². The minimum atomic E-state index is -0.599. The molecule has 1 amide bonds. The van der Waals surface area contributed by atoms with Gasteiger partial charge in [0.25, 0.3) is 0 Å². The predicted octanol–water partition coefficient (Wildman–Crippen LogP) is 4.60. The third kappa shape index (κ3) is 5.26. The molecule has 9 heteroatoms. The van der Waals surface area contributed by atoms with Gasteiger partial charge in [-0.2, -0.15) is 0 Å². The Balaban J connectivity index is 1.13. The molecular weight excluding hydrogens is 487 g/mol. The number of amides is 1. The van der Waals surface area contributed by atoms with E-state index in [1.807, 2.05) is 4.90 Å². The summed E-state index contributed by atoms with van der Waals surface area (Å²) in [5.74, 6) is 1.03. The summed E-state index contributed by atoms with van der Waals surface area (Å²) in [6.45, 7) is 7.99. The second kappa shape index (κ2) is 10.7. The van der Waals surface area contributed by atoms with E-state index in [0.29, 0.717) is 62.0 Å². The maximum absolute atomic E-state index is 15.2. The first kappa shape index (κ1) is 24.9. The van der Waals surface area contributed by atoms with Gasteiger partial charge >= 0.3 is 12.0 Å². The van der Waals surface area contributed by atoms with Crippen molar-refractivity contribution >= 4 is 17.5 Å². The third-order valence-electron chi connectivity index (χ3n) is 8.09. The van der Waals surface area contributed by atoms with E-state index in [-0.39, 0.29) is 11.8 Å². The van der Waals surface area contributed by atoms with Gasteiger partial charge in [0.15, 0.2) is 0 Å². The fourth-order valence-corrected chi connectivity index (χ4v) is 5.89. The van der Waals surface area contributed by atoms with Crippen LogP contribution < -0.4 is 14.5 Å². The summed E-state index contributed by atoms with van der Waals surface area (Å²) in [7, 11) is 0. The zero-order valence-corrected chi connectivity index (χ0v) is 21.6. The van der Waals surface area contributed by atoms with Crippen molar-refractivity contribution in [1.29, 1.82) is 0 Å². The summed E-state index contributed by atoms with van der Waals surface area (Å²) < 4.78 is 31.0. The van der Waals surface area contributed by atoms with Gasteiger partial charge in [-0.25, -0.2) is 9.18 Å². The van der Waals surface area contributed by atoms with Crippen molar-refractivity contribution in [1.82, 2.24) is 10.1 Å². The monoisotopic (exact) mass is 520 g/mol. The number of ether oxygens (including phenoxy) is 2. The van der Waals surface area contributed by atoms with Gasteiger partial charge in [0, 0.05) is 45.3 Å². The molecule has 1 saturated carbocycles. The lowest BCUT2D eigenvalue weighted by Crippen LogP contribution is -2.38. The van der Waals surface area contributed by atoms with E-state index >= 15 is 4.39 Å². The van der Waals surface area contributed by atoms with Crippen LogP contribution in [0.5, 0.6) is 5.95 Å². The van der Waals surface area contributed by atoms with Crippen LogP contribution in [0.2, 0.25) is 0 Å². The number of benzene rings is 2. The molecular formula is C29H33FN4O4. The molecule has 2 saturated heterocycles. The number of carbonyl (C=O) groups is 1. The maximum Gasteiger partial charge on any atom is 0.422 e. The number of carbonyl (C=O) groups excluding carboxylic acids is 1. The molecule has 3 aromatic rings. The summed E-state index contributed by atoms with van der Waals surface area (Å²) >= 11 is 0. The molecule has 2 atom stereocenters. The topological polar surface area (TPSA) is 71.3 Å². The highest BCUT2D eigenvalue weighted by molar-refractivity contribution is 5.89. The smallest absolute Gasteiger partial charge is 0.378 e. The normalized spacial score (nSPS) is 22.8. The Labute approximate surface area is 221 Å². The molecule has 0 spiro atoms. The average Bonchev–Trinajstić information content (AvgIpc) is 3.28. The Morgan fingerprint density at radius 2 is 1.82 bits per heavy atom. The first-order valence-corrected chi connectivity index (χ1v) is 13.4. The quantitative estimate of drug-likeness (QED) is 0.430. The molecule has 3 aliphatic rings. The number of halogens is 1. The highest BCUT2D eigenvalue weighted by atomic mass is 19.1. The number of morpholine rings is 1. The molecule has 2 aliphatic heterocycles. The fraction of sp³-hybridized carbons (Fsp3) is 0.448. The number of aryl methyl sites for hydroxylation is 1. The van der Waals surface area contributed by atoms with Crippen LogP contribution >= 0.6 is 0 Å². The van der Waals surface area contributed by atoms with Gasteiger partial charge < -0.3 is 18.9 Å². The largest absolute Gasteiger partial charge is 0.422 e. The zero-order valence-electron chi connectivity index (χ0n) is 21.6. The lowest BCUT2D eigenvalue weighted by molar-refractivity contribution is 0.122. The van der Waals surface area contributed by atoms with Crippen molar-refractivity contribution in [2.45, 2.75) is 19.9 Å². The van der Waals surface area contributed by atoms with Gasteiger partial charge in [-0.05, 0) is 53.5 Å². The molecule has 1 aliphatic carbocycles. The summed E-state index contributed by atoms with van der Waals surface area (Å²) in [5, 5.41) is 3.60. The van der Waals surface area contributed by atoms with Crippen molar-refractivity contribution in [3.8, 4) is 5.95 Å². The molecule has 8 nitrogen and oxygen atoms in total. The van der Waals surface area contributed by atoms with E-state index in [9.17, 15) is 4.79 Å². The first-order chi connectivity index (χ1) is 18.6. The van der Waals surface area contributed by atoms with E-state index in [0.717, 1.165) is 26.1 Å². The number of fused-ring (bicyclic) bond motifs is 1. The van der Waals surface area contributed by atoms with Crippen LogP contribution in [0.1, 0.15) is 18.1 Å². The average molecular weight is 521 g/mol. The van der Waals surface area contributed by atoms with Crippen LogP contribution in [0.3, 0.4) is 0 Å². The second-order valence-electron chi connectivity index (χ2n) is 10.4. The Morgan fingerprint density at radius 3 is 2.47 bits per heavy atom. The molecule has 0 radical (unpaired) electrons. The number of likely N-dealkylation sites (tertiary alicyclic amines) is 1. The number of rotatable bonds is 8. The van der Waals surface area contributed by atoms with E-state index in [1.54, 1.807) is 12.1 Å². The Kier molecular flexibility index (Phi) is 7.04. The van der Waals surface area contributed by atoms with Crippen molar-refractivity contribution in [2.24, 2.45) is 17.8 Å². The molecule has 3 fully saturated rings. The lowest BCUT2D eigenvalue weighted by Gasteiger charge is -2.30. The van der Waals surface area contributed by atoms with Crippen LogP contribution in [-0.4, -0.2) is 62.1 Å². The SMILES string of the molecule is CCc1ccc(CN2CC3C(C2)C3CN(C(=O)Oc2ccno2)c2ccc(N3CCOCC3)c(F)c2)cc1. The number of aromatic nitrogens is 1. The molecule has 0 bridgehead atoms. The Hall–Kier alpha value is -3.43. The van der Waals surface area contributed by atoms with Crippen LogP contribution in [0, 0.1) is 23.6 Å². The van der Waals surface area contributed by atoms with E-state index < -0.39 is 6.09 Å². The van der Waals surface area contributed by atoms with Crippen molar-refractivity contribution in [3.05, 3.63) is 71.7 Å². The summed E-state index contributed by atoms with van der Waals surface area (Å²) in [6.07, 6.45) is 1.86. The Bertz CT molecular complexity index is 1230. The minimum absolute atomic E-state index is 0.0154. The first-order valence-electron chi connectivity index (χ1n) is 13.4. The third-order valence-corrected chi connectivity index (χ3v) is 8.09. The zero-order chi connectivity index (χ0) is 26.1. The van der Waals surface area contributed by atoms with Gasteiger partial charge in [0.05, 0.1) is 30.8 Å². The molecule has 2 aromatic carbocycles. The van der Waals surface area contributed by atoms with Crippen molar-refractivity contribution < 1.29 is 23.2 Å². The van der Waals surface area contributed by atoms with Crippen molar-refractivity contribution in [2.75, 3.05) is 55.7 Å². The molecule has 2 unspecified atom stereocenters. The fourth-order valence-electron chi connectivity index (χ4n) is 5.89. The summed E-state index contributed by atoms with van der Waals surface area (Å²) in [6, 6.07) is 15.3. The van der Waals surface area contributed by atoms with Gasteiger partial charge in [0.2, 0.25) is 0 Å². The van der Waals surface area contributed by atoms with Crippen molar-refractivity contribution in [3.63, 3.8) is 0 Å². The predicted molar refractivity (Wildman–Crippen MR) is 141 cm³/mol. The maximum atomic E-state index is 15.2. The molecule has 200 valence electrons. The standard InChI is InChI=1S/C29H33FN4O4/c1-2-20-3-5-21(6-4-20)16-32-17-23-24(18-32)25(23)19-34(29(35)37-28-9-10-31-38-28)22-7-8-27(26(30)15-22)33-11-13-36-14-12-33/h3-10,15,23-25H,2,11-14,16-19H2,1H3. The minimum Gasteiger partial charge on any atom is -0.378 e. The lowest BCUT2D eigenvalue weighted by atomic mass is 10.1. The summed E-state index contributed by atoms with van der Waals surface area (Å²) in [4.78, 5) is 19.2. The van der Waals surface area contributed by atoms with E-state index in [2.05, 4.69) is 41.2 Å². The van der Waals surface area contributed by atoms with Gasteiger partial charge in [-0.15, -0.1) is 0 Å². The number of nitrogens with zero attached hydrogens (tertiary/aromatic N) is 4. The number of piperidine rings is 1. The van der Waals surface area contributed by atoms with Crippen LogP contribution in [0.4, 0.5) is 20.6 Å². The molecule has 38 heavy (non-hydrogen) atoms. The number of hydrogen-bond acceptors (Lipinski definition) is 7. The molecule has 0 N–H and O–H groups in total. The molecule has 6 rings (SSSR count). The molecule has 3 heterocycles. The van der Waals surface area contributed by atoms with Gasteiger partial charge in [-0.1, -0.05) is 36.3 Å². The van der Waals surface area contributed by atoms with E-state index in [4.69, 9.17) is 14.0 Å². The number of hydrogen-bond donors (Lipinski definition) is 0. The van der Waals surface area contributed by atoms with Crippen LogP contribution in [0.15, 0.2) is 59.3 Å². The highest BCUT2D eigenvalue weighted by Gasteiger charge is 2.56. The highest BCUT2D eigenvalue weighted by Crippen LogP contribution is 2.52. The van der Waals surface area contributed by atoms with Gasteiger partial charge in [-0.3, -0.25) is 9.80 Å². The number of anilines is 2. The second-order valence-corrected chi connectivity index (χ2v) is 10.4. The Morgan fingerprint density at radius 1 is 1.08 bits per heavy atom. The van der Waals surface area contributed by atoms with Crippen LogP contribution in [0.25, 0.3) is 0 Å². The van der Waals surface area contributed by atoms with Gasteiger partial charge in [0.1, 0.15) is 5.82 Å². The van der Waals surface area contributed by atoms with Crippen LogP contribution in [-0.2, 0) is 17.7 Å².